The minimum atomic E-state index is 0.406. The zero-order valence-electron chi connectivity index (χ0n) is 10.1. The second-order valence-electron chi connectivity index (χ2n) is 3.60. The maximum absolute atomic E-state index is 5.62. The average Bonchev–Trinajstić information content (AvgIpc) is 2.29. The topological polar surface area (TPSA) is 38.5 Å². The molecule has 0 atom stereocenters. The monoisotopic (exact) mass is 316 g/mol. The first kappa shape index (κ1) is 14.4. The zero-order chi connectivity index (χ0) is 12.8. The molecule has 0 spiro atoms. The molecule has 3 nitrogen and oxygen atoms in total. The first-order valence-corrected chi connectivity index (χ1v) is 6.63. The highest BCUT2D eigenvalue weighted by molar-refractivity contribution is 9.10. The van der Waals surface area contributed by atoms with Crippen molar-refractivity contribution in [2.45, 2.75) is 6.92 Å². The Bertz CT molecular complexity index is 398. The Hall–Kier alpha value is -0.650. The van der Waals surface area contributed by atoms with Gasteiger partial charge in [-0.1, -0.05) is 12.2 Å². The van der Waals surface area contributed by atoms with Crippen molar-refractivity contribution in [2.24, 2.45) is 5.73 Å². The Labute approximate surface area is 116 Å². The van der Waals surface area contributed by atoms with Crippen molar-refractivity contribution in [2.75, 3.05) is 31.7 Å². The Kier molecular flexibility index (Phi) is 5.88. The van der Waals surface area contributed by atoms with E-state index < -0.39 is 0 Å². The number of rotatable bonds is 6. The van der Waals surface area contributed by atoms with Crippen LogP contribution >= 0.6 is 28.1 Å². The van der Waals surface area contributed by atoms with E-state index in [9.17, 15) is 0 Å². The lowest BCUT2D eigenvalue weighted by molar-refractivity contribution is 0.205. The van der Waals surface area contributed by atoms with E-state index in [-0.39, 0.29) is 0 Å². The maximum Gasteiger partial charge on any atom is 0.105 e. The molecule has 0 aromatic heterocycles. The van der Waals surface area contributed by atoms with E-state index in [1.165, 1.54) is 0 Å². The number of nitrogens with zero attached hydrogens (tertiary/aromatic N) is 1. The minimum absolute atomic E-state index is 0.406. The van der Waals surface area contributed by atoms with Gasteiger partial charge in [0.1, 0.15) is 4.99 Å². The molecule has 17 heavy (non-hydrogen) atoms. The van der Waals surface area contributed by atoms with E-state index >= 15 is 0 Å². The molecule has 0 saturated carbocycles. The van der Waals surface area contributed by atoms with Gasteiger partial charge in [0.2, 0.25) is 0 Å². The summed E-state index contributed by atoms with van der Waals surface area (Å²) in [7, 11) is 1.71. The second-order valence-corrected chi connectivity index (χ2v) is 4.90. The van der Waals surface area contributed by atoms with E-state index in [1.807, 2.05) is 18.2 Å². The summed E-state index contributed by atoms with van der Waals surface area (Å²) in [5, 5.41) is 0. The molecule has 1 rings (SSSR count). The van der Waals surface area contributed by atoms with Crippen LogP contribution in [0.25, 0.3) is 0 Å². The molecule has 0 bridgehead atoms. The van der Waals surface area contributed by atoms with E-state index in [2.05, 4.69) is 27.8 Å². The van der Waals surface area contributed by atoms with E-state index in [4.69, 9.17) is 22.7 Å². The van der Waals surface area contributed by atoms with Crippen LogP contribution in [0.2, 0.25) is 0 Å². The van der Waals surface area contributed by atoms with E-state index in [0.717, 1.165) is 28.8 Å². The van der Waals surface area contributed by atoms with Gasteiger partial charge in [0, 0.05) is 35.9 Å². The standard InChI is InChI=1S/C12H17BrN2OS/c1-3-15(6-7-16-2)9-4-5-10(12(14)17)11(13)8-9/h4-5,8H,3,6-7H2,1-2H3,(H2,14,17). The van der Waals surface area contributed by atoms with Crippen molar-refractivity contribution in [3.8, 4) is 0 Å². The Balaban J connectivity index is 2.90. The van der Waals surface area contributed by atoms with Crippen molar-refractivity contribution < 1.29 is 4.74 Å². The molecule has 0 fully saturated rings. The third kappa shape index (κ3) is 3.94. The van der Waals surface area contributed by atoms with Gasteiger partial charge in [-0.05, 0) is 41.1 Å². The number of anilines is 1. The Morgan fingerprint density at radius 3 is 2.71 bits per heavy atom. The highest BCUT2D eigenvalue weighted by Crippen LogP contribution is 2.24. The quantitative estimate of drug-likeness (QED) is 0.819. The average molecular weight is 317 g/mol. The van der Waals surface area contributed by atoms with Crippen molar-refractivity contribution in [3.05, 3.63) is 28.2 Å². The molecular formula is C12H17BrN2OS. The molecule has 0 heterocycles. The van der Waals surface area contributed by atoms with Crippen LogP contribution in [0.15, 0.2) is 22.7 Å². The molecule has 0 amide bonds. The molecule has 0 unspecified atom stereocenters. The molecule has 0 aliphatic heterocycles. The molecule has 0 aliphatic carbocycles. The lowest BCUT2D eigenvalue weighted by Gasteiger charge is -2.23. The summed E-state index contributed by atoms with van der Waals surface area (Å²) in [4.78, 5) is 2.64. The first-order valence-electron chi connectivity index (χ1n) is 5.43. The van der Waals surface area contributed by atoms with Gasteiger partial charge in [0.15, 0.2) is 0 Å². The Morgan fingerprint density at radius 2 is 2.24 bits per heavy atom. The summed E-state index contributed by atoms with van der Waals surface area (Å²) in [6, 6.07) is 6.00. The maximum atomic E-state index is 5.62. The summed E-state index contributed by atoms with van der Waals surface area (Å²) in [5.41, 5.74) is 7.62. The number of likely N-dealkylation sites (N-methyl/N-ethyl adjacent to an activating group) is 1. The summed E-state index contributed by atoms with van der Waals surface area (Å²) < 4.78 is 6.02. The number of halogens is 1. The molecule has 94 valence electrons. The van der Waals surface area contributed by atoms with Crippen molar-refractivity contribution in [1.29, 1.82) is 0 Å². The molecule has 2 N–H and O–H groups in total. The third-order valence-electron chi connectivity index (χ3n) is 2.53. The van der Waals surface area contributed by atoms with Crippen LogP contribution in [0.1, 0.15) is 12.5 Å². The number of methoxy groups -OCH3 is 1. The number of hydrogen-bond donors (Lipinski definition) is 1. The molecular weight excluding hydrogens is 300 g/mol. The van der Waals surface area contributed by atoms with Crippen molar-refractivity contribution >= 4 is 38.8 Å². The van der Waals surface area contributed by atoms with Gasteiger partial charge in [-0.3, -0.25) is 0 Å². The number of hydrogen-bond acceptors (Lipinski definition) is 3. The SMILES string of the molecule is CCN(CCOC)c1ccc(C(N)=S)c(Br)c1. The lowest BCUT2D eigenvalue weighted by Crippen LogP contribution is -2.26. The summed E-state index contributed by atoms with van der Waals surface area (Å²) in [5.74, 6) is 0. The first-order chi connectivity index (χ1) is 8.10. The van der Waals surface area contributed by atoms with Crippen LogP contribution in [-0.4, -0.2) is 31.8 Å². The van der Waals surface area contributed by atoms with Gasteiger partial charge in [-0.2, -0.15) is 0 Å². The van der Waals surface area contributed by atoms with Gasteiger partial charge in [0.25, 0.3) is 0 Å². The molecule has 0 radical (unpaired) electrons. The van der Waals surface area contributed by atoms with Crippen LogP contribution in [0.4, 0.5) is 5.69 Å². The van der Waals surface area contributed by atoms with Gasteiger partial charge in [0.05, 0.1) is 6.61 Å². The normalized spacial score (nSPS) is 10.3. The van der Waals surface area contributed by atoms with Crippen LogP contribution < -0.4 is 10.6 Å². The molecule has 0 saturated heterocycles. The molecule has 1 aromatic carbocycles. The van der Waals surface area contributed by atoms with Gasteiger partial charge in [-0.25, -0.2) is 0 Å². The van der Waals surface area contributed by atoms with Crippen LogP contribution in [0, 0.1) is 0 Å². The summed E-state index contributed by atoms with van der Waals surface area (Å²) in [6.45, 7) is 4.63. The van der Waals surface area contributed by atoms with Gasteiger partial charge >= 0.3 is 0 Å². The van der Waals surface area contributed by atoms with Crippen LogP contribution in [-0.2, 0) is 4.74 Å². The number of nitrogens with two attached hydrogens (primary N) is 1. The fourth-order valence-electron chi connectivity index (χ4n) is 1.57. The molecule has 5 heteroatoms. The van der Waals surface area contributed by atoms with Crippen molar-refractivity contribution in [1.82, 2.24) is 0 Å². The van der Waals surface area contributed by atoms with E-state index in [1.54, 1.807) is 7.11 Å². The van der Waals surface area contributed by atoms with Crippen LogP contribution in [0.5, 0.6) is 0 Å². The van der Waals surface area contributed by atoms with Crippen LogP contribution in [0.3, 0.4) is 0 Å². The number of benzene rings is 1. The summed E-state index contributed by atoms with van der Waals surface area (Å²) >= 11 is 8.46. The fourth-order valence-corrected chi connectivity index (χ4v) is 2.46. The smallest absolute Gasteiger partial charge is 0.105 e. The van der Waals surface area contributed by atoms with Crippen molar-refractivity contribution in [3.63, 3.8) is 0 Å². The lowest BCUT2D eigenvalue weighted by atomic mass is 10.2. The zero-order valence-corrected chi connectivity index (χ0v) is 12.5. The summed E-state index contributed by atoms with van der Waals surface area (Å²) in [6.07, 6.45) is 0. The third-order valence-corrected chi connectivity index (χ3v) is 3.41. The number of ether oxygens (including phenoxy) is 1. The fraction of sp³-hybridized carbons (Fsp3) is 0.417. The number of thiocarbonyl (C=S) groups is 1. The molecule has 0 aliphatic rings. The second kappa shape index (κ2) is 6.93. The Morgan fingerprint density at radius 1 is 1.53 bits per heavy atom. The van der Waals surface area contributed by atoms with Gasteiger partial charge in [-0.15, -0.1) is 0 Å². The largest absolute Gasteiger partial charge is 0.389 e. The minimum Gasteiger partial charge on any atom is -0.389 e. The van der Waals surface area contributed by atoms with E-state index in [0.29, 0.717) is 11.6 Å². The molecule has 1 aromatic rings. The predicted molar refractivity (Wildman–Crippen MR) is 79.8 cm³/mol. The van der Waals surface area contributed by atoms with Gasteiger partial charge < -0.3 is 15.4 Å². The highest BCUT2D eigenvalue weighted by Gasteiger charge is 2.08. The predicted octanol–water partition coefficient (Wildman–Crippen LogP) is 2.56. The highest BCUT2D eigenvalue weighted by atomic mass is 79.9.